The van der Waals surface area contributed by atoms with E-state index in [2.05, 4.69) is 11.9 Å². The average Bonchev–Trinajstić information content (AvgIpc) is 2.36. The van der Waals surface area contributed by atoms with E-state index in [0.717, 1.165) is 11.5 Å². The van der Waals surface area contributed by atoms with Crippen LogP contribution in [0.25, 0.3) is 0 Å². The number of pyridine rings is 1. The lowest BCUT2D eigenvalue weighted by Crippen LogP contribution is -1.83. The quantitative estimate of drug-likeness (QED) is 0.748. The first-order valence-electron chi connectivity index (χ1n) is 5.49. The monoisotopic (exact) mass is 215 g/mol. The van der Waals surface area contributed by atoms with Gasteiger partial charge in [0.2, 0.25) is 0 Å². The third-order valence-electron chi connectivity index (χ3n) is 1.91. The van der Waals surface area contributed by atoms with E-state index < -0.39 is 0 Å². The van der Waals surface area contributed by atoms with Crippen LogP contribution in [0.1, 0.15) is 19.4 Å². The van der Waals surface area contributed by atoms with Crippen molar-refractivity contribution in [3.8, 4) is 11.5 Å². The van der Waals surface area contributed by atoms with Crippen LogP contribution in [0.2, 0.25) is 0 Å². The summed E-state index contributed by atoms with van der Waals surface area (Å²) in [5.41, 5.74) is 1.23. The summed E-state index contributed by atoms with van der Waals surface area (Å²) in [6, 6.07) is 11.6. The Morgan fingerprint density at radius 1 is 0.812 bits per heavy atom. The molecular formula is C14H17NO. The maximum absolute atomic E-state index is 5.59. The highest BCUT2D eigenvalue weighted by Crippen LogP contribution is 2.20. The van der Waals surface area contributed by atoms with Gasteiger partial charge in [0, 0.05) is 12.4 Å². The zero-order valence-corrected chi connectivity index (χ0v) is 9.97. The molecule has 0 saturated carbocycles. The van der Waals surface area contributed by atoms with Crippen molar-refractivity contribution in [3.63, 3.8) is 0 Å². The fourth-order valence-corrected chi connectivity index (χ4v) is 1.15. The minimum Gasteiger partial charge on any atom is -0.457 e. The summed E-state index contributed by atoms with van der Waals surface area (Å²) in [5, 5.41) is 0. The fraction of sp³-hybridized carbons (Fsp3) is 0.214. The molecular weight excluding hydrogens is 198 g/mol. The van der Waals surface area contributed by atoms with Crippen molar-refractivity contribution in [2.45, 2.75) is 20.8 Å². The van der Waals surface area contributed by atoms with Crippen LogP contribution < -0.4 is 4.74 Å². The van der Waals surface area contributed by atoms with E-state index in [1.807, 2.05) is 50.2 Å². The predicted octanol–water partition coefficient (Wildman–Crippen LogP) is 4.21. The predicted molar refractivity (Wildman–Crippen MR) is 66.8 cm³/mol. The van der Waals surface area contributed by atoms with Gasteiger partial charge in [-0.1, -0.05) is 31.5 Å². The molecule has 0 atom stereocenters. The van der Waals surface area contributed by atoms with E-state index in [0.29, 0.717) is 0 Å². The Hall–Kier alpha value is -1.83. The Bertz CT molecular complexity index is 395. The van der Waals surface area contributed by atoms with Crippen LogP contribution in [-0.2, 0) is 0 Å². The molecule has 2 rings (SSSR count). The molecule has 16 heavy (non-hydrogen) atoms. The van der Waals surface area contributed by atoms with Gasteiger partial charge in [0.1, 0.15) is 11.5 Å². The van der Waals surface area contributed by atoms with E-state index in [4.69, 9.17) is 4.74 Å². The van der Waals surface area contributed by atoms with Crippen LogP contribution in [0.4, 0.5) is 0 Å². The van der Waals surface area contributed by atoms with Crippen molar-refractivity contribution in [3.05, 3.63) is 54.4 Å². The van der Waals surface area contributed by atoms with Crippen molar-refractivity contribution >= 4 is 0 Å². The molecule has 1 aromatic heterocycles. The fourth-order valence-electron chi connectivity index (χ4n) is 1.15. The molecule has 0 aliphatic heterocycles. The van der Waals surface area contributed by atoms with Crippen LogP contribution in [0.15, 0.2) is 48.8 Å². The highest BCUT2D eigenvalue weighted by molar-refractivity contribution is 5.31. The molecule has 0 unspecified atom stereocenters. The minimum absolute atomic E-state index is 0.809. The Balaban J connectivity index is 0.000000606. The number of hydrogen-bond donors (Lipinski definition) is 0. The molecule has 0 saturated heterocycles. The second-order valence-corrected chi connectivity index (χ2v) is 3.10. The van der Waals surface area contributed by atoms with Crippen molar-refractivity contribution in [2.24, 2.45) is 0 Å². The first-order chi connectivity index (χ1) is 7.84. The second kappa shape index (κ2) is 6.62. The smallest absolute Gasteiger partial charge is 0.130 e. The summed E-state index contributed by atoms with van der Waals surface area (Å²) < 4.78 is 5.59. The van der Waals surface area contributed by atoms with Gasteiger partial charge in [-0.3, -0.25) is 4.98 Å². The lowest BCUT2D eigenvalue weighted by Gasteiger charge is -2.04. The Labute approximate surface area is 96.9 Å². The summed E-state index contributed by atoms with van der Waals surface area (Å²) in [4.78, 5) is 3.92. The molecule has 0 bridgehead atoms. The number of benzene rings is 1. The zero-order valence-electron chi connectivity index (χ0n) is 9.97. The number of aromatic nitrogens is 1. The van der Waals surface area contributed by atoms with Crippen molar-refractivity contribution < 1.29 is 4.74 Å². The first-order valence-corrected chi connectivity index (χ1v) is 5.49. The SMILES string of the molecule is CC.Cc1ccc(Oc2ccncc2)cc1. The minimum atomic E-state index is 0.809. The summed E-state index contributed by atoms with van der Waals surface area (Å²) in [6.45, 7) is 6.05. The maximum atomic E-state index is 5.59. The molecule has 0 amide bonds. The summed E-state index contributed by atoms with van der Waals surface area (Å²) in [7, 11) is 0. The summed E-state index contributed by atoms with van der Waals surface area (Å²) in [5.74, 6) is 1.66. The van der Waals surface area contributed by atoms with E-state index in [1.54, 1.807) is 12.4 Å². The van der Waals surface area contributed by atoms with Crippen LogP contribution in [0.3, 0.4) is 0 Å². The lowest BCUT2D eigenvalue weighted by atomic mass is 10.2. The van der Waals surface area contributed by atoms with Crippen LogP contribution in [-0.4, -0.2) is 4.98 Å². The van der Waals surface area contributed by atoms with Crippen molar-refractivity contribution in [2.75, 3.05) is 0 Å². The highest BCUT2D eigenvalue weighted by atomic mass is 16.5. The van der Waals surface area contributed by atoms with Crippen molar-refractivity contribution in [1.29, 1.82) is 0 Å². The van der Waals surface area contributed by atoms with Gasteiger partial charge in [-0.2, -0.15) is 0 Å². The molecule has 84 valence electrons. The van der Waals surface area contributed by atoms with Crippen LogP contribution >= 0.6 is 0 Å². The molecule has 0 radical (unpaired) electrons. The zero-order chi connectivity index (χ0) is 11.8. The molecule has 1 heterocycles. The van der Waals surface area contributed by atoms with Gasteiger partial charge in [0.25, 0.3) is 0 Å². The average molecular weight is 215 g/mol. The largest absolute Gasteiger partial charge is 0.457 e. The summed E-state index contributed by atoms with van der Waals surface area (Å²) >= 11 is 0. The number of hydrogen-bond acceptors (Lipinski definition) is 2. The molecule has 1 aromatic carbocycles. The van der Waals surface area contributed by atoms with E-state index in [1.165, 1.54) is 5.56 Å². The number of ether oxygens (including phenoxy) is 1. The number of rotatable bonds is 2. The molecule has 0 spiro atoms. The Morgan fingerprint density at radius 3 is 1.88 bits per heavy atom. The molecule has 0 aliphatic rings. The molecule has 2 aromatic rings. The standard InChI is InChI=1S/C12H11NO.C2H6/c1-10-2-4-11(5-3-10)14-12-6-8-13-9-7-12;1-2/h2-9H,1H3;1-2H3. The topological polar surface area (TPSA) is 22.1 Å². The van der Waals surface area contributed by atoms with Gasteiger partial charge >= 0.3 is 0 Å². The van der Waals surface area contributed by atoms with Gasteiger partial charge in [-0.15, -0.1) is 0 Å². The van der Waals surface area contributed by atoms with Gasteiger partial charge in [0.05, 0.1) is 0 Å². The molecule has 2 heteroatoms. The Morgan fingerprint density at radius 2 is 1.31 bits per heavy atom. The Kier molecular flexibility index (Phi) is 5.06. The molecule has 0 aliphatic carbocycles. The highest BCUT2D eigenvalue weighted by Gasteiger charge is 1.94. The normalized spacial score (nSPS) is 8.94. The van der Waals surface area contributed by atoms with E-state index in [-0.39, 0.29) is 0 Å². The number of nitrogens with zero attached hydrogens (tertiary/aromatic N) is 1. The molecule has 2 nitrogen and oxygen atoms in total. The van der Waals surface area contributed by atoms with Crippen LogP contribution in [0, 0.1) is 6.92 Å². The molecule has 0 N–H and O–H groups in total. The van der Waals surface area contributed by atoms with E-state index >= 15 is 0 Å². The third-order valence-corrected chi connectivity index (χ3v) is 1.91. The van der Waals surface area contributed by atoms with Gasteiger partial charge in [0.15, 0.2) is 0 Å². The third kappa shape index (κ3) is 3.73. The van der Waals surface area contributed by atoms with Crippen molar-refractivity contribution in [1.82, 2.24) is 4.98 Å². The lowest BCUT2D eigenvalue weighted by molar-refractivity contribution is 0.482. The first kappa shape index (κ1) is 12.2. The number of aryl methyl sites for hydroxylation is 1. The van der Waals surface area contributed by atoms with Gasteiger partial charge in [-0.25, -0.2) is 0 Å². The second-order valence-electron chi connectivity index (χ2n) is 3.10. The maximum Gasteiger partial charge on any atom is 0.130 e. The van der Waals surface area contributed by atoms with Gasteiger partial charge < -0.3 is 4.74 Å². The summed E-state index contributed by atoms with van der Waals surface area (Å²) in [6.07, 6.45) is 3.42. The molecule has 0 fully saturated rings. The van der Waals surface area contributed by atoms with Gasteiger partial charge in [-0.05, 0) is 31.2 Å². The van der Waals surface area contributed by atoms with E-state index in [9.17, 15) is 0 Å². The van der Waals surface area contributed by atoms with Crippen LogP contribution in [0.5, 0.6) is 11.5 Å².